The highest BCUT2D eigenvalue weighted by Gasteiger charge is 2.29. The van der Waals surface area contributed by atoms with Crippen LogP contribution in [0.15, 0.2) is 30.3 Å². The van der Waals surface area contributed by atoms with Gasteiger partial charge in [0.15, 0.2) is 0 Å². The Morgan fingerprint density at radius 3 is 2.21 bits per heavy atom. The van der Waals surface area contributed by atoms with E-state index in [9.17, 15) is 9.59 Å². The number of piperazine rings is 1. The predicted octanol–water partition coefficient (Wildman–Crippen LogP) is 2.06. The Kier molecular flexibility index (Phi) is 6.61. The summed E-state index contributed by atoms with van der Waals surface area (Å²) in [6.07, 6.45) is -0.330. The maximum atomic E-state index is 12.4. The quantitative estimate of drug-likeness (QED) is 0.828. The van der Waals surface area contributed by atoms with Crippen molar-refractivity contribution >= 4 is 12.0 Å². The molecule has 6 heteroatoms. The minimum Gasteiger partial charge on any atom is -0.410 e. The lowest BCUT2D eigenvalue weighted by Gasteiger charge is -2.38. The second-order valence-corrected chi connectivity index (χ2v) is 5.89. The van der Waals surface area contributed by atoms with Gasteiger partial charge in [0.05, 0.1) is 6.04 Å². The Labute approximate surface area is 144 Å². The number of nitrogens with zero attached hydrogens (tertiary/aromatic N) is 3. The number of ether oxygens (including phenoxy) is 1. The van der Waals surface area contributed by atoms with Crippen LogP contribution >= 0.6 is 0 Å². The first kappa shape index (κ1) is 18.3. The van der Waals surface area contributed by atoms with E-state index in [1.54, 1.807) is 17.0 Å². The molecule has 0 bridgehead atoms. The molecule has 0 saturated carbocycles. The highest BCUT2D eigenvalue weighted by atomic mass is 16.6. The van der Waals surface area contributed by atoms with E-state index < -0.39 is 0 Å². The lowest BCUT2D eigenvalue weighted by Crippen LogP contribution is -2.55. The molecular weight excluding hydrogens is 306 g/mol. The van der Waals surface area contributed by atoms with Crippen LogP contribution in [0.25, 0.3) is 0 Å². The molecule has 1 heterocycles. The van der Waals surface area contributed by atoms with Gasteiger partial charge in [0.2, 0.25) is 5.91 Å². The zero-order valence-corrected chi connectivity index (χ0v) is 14.8. The molecule has 0 aromatic heterocycles. The summed E-state index contributed by atoms with van der Waals surface area (Å²) in [5.74, 6) is 0.704. The molecule has 1 aliphatic rings. The van der Waals surface area contributed by atoms with Crippen LogP contribution < -0.4 is 4.74 Å². The first-order valence-electron chi connectivity index (χ1n) is 8.61. The van der Waals surface area contributed by atoms with Gasteiger partial charge in [-0.25, -0.2) is 4.79 Å². The molecule has 1 saturated heterocycles. The molecule has 0 aliphatic carbocycles. The number of rotatable bonds is 5. The van der Waals surface area contributed by atoms with Gasteiger partial charge in [0.25, 0.3) is 0 Å². The van der Waals surface area contributed by atoms with Gasteiger partial charge in [0.1, 0.15) is 5.75 Å². The number of hydrogen-bond donors (Lipinski definition) is 0. The van der Waals surface area contributed by atoms with E-state index in [1.807, 2.05) is 43.9 Å². The first-order chi connectivity index (χ1) is 11.6. The van der Waals surface area contributed by atoms with Crippen LogP contribution in [-0.2, 0) is 4.79 Å². The van der Waals surface area contributed by atoms with Crippen LogP contribution in [0.2, 0.25) is 0 Å². The van der Waals surface area contributed by atoms with E-state index in [-0.39, 0.29) is 18.0 Å². The lowest BCUT2D eigenvalue weighted by atomic mass is 10.2. The third-order valence-electron chi connectivity index (χ3n) is 4.50. The van der Waals surface area contributed by atoms with Crippen LogP contribution in [0, 0.1) is 0 Å². The van der Waals surface area contributed by atoms with Gasteiger partial charge < -0.3 is 14.5 Å². The number of amides is 2. The Balaban J connectivity index is 1.84. The Hall–Kier alpha value is -2.08. The van der Waals surface area contributed by atoms with Crippen molar-refractivity contribution in [3.05, 3.63) is 30.3 Å². The molecule has 0 N–H and O–H groups in total. The van der Waals surface area contributed by atoms with E-state index in [0.717, 1.165) is 13.1 Å². The van der Waals surface area contributed by atoms with Gasteiger partial charge in [-0.05, 0) is 32.9 Å². The molecular formula is C18H27N3O3. The number of hydrogen-bond acceptors (Lipinski definition) is 4. The third kappa shape index (κ3) is 4.47. The topological polar surface area (TPSA) is 53.1 Å². The summed E-state index contributed by atoms with van der Waals surface area (Å²) in [5, 5.41) is 0. The van der Waals surface area contributed by atoms with Crippen LogP contribution in [0.4, 0.5) is 4.79 Å². The average molecular weight is 333 g/mol. The zero-order chi connectivity index (χ0) is 17.5. The van der Waals surface area contributed by atoms with Gasteiger partial charge in [-0.3, -0.25) is 9.69 Å². The summed E-state index contributed by atoms with van der Waals surface area (Å²) in [7, 11) is 0. The fourth-order valence-electron chi connectivity index (χ4n) is 2.90. The number of benzene rings is 1. The maximum Gasteiger partial charge on any atom is 0.415 e. The van der Waals surface area contributed by atoms with Gasteiger partial charge in [0, 0.05) is 39.3 Å². The Morgan fingerprint density at radius 2 is 1.67 bits per heavy atom. The molecule has 1 unspecified atom stereocenters. The van der Waals surface area contributed by atoms with E-state index in [0.29, 0.717) is 31.9 Å². The second-order valence-electron chi connectivity index (χ2n) is 5.89. The van der Waals surface area contributed by atoms with Crippen molar-refractivity contribution in [1.29, 1.82) is 0 Å². The summed E-state index contributed by atoms with van der Waals surface area (Å²) in [4.78, 5) is 30.3. The van der Waals surface area contributed by atoms with Gasteiger partial charge in [-0.2, -0.15) is 0 Å². The highest BCUT2D eigenvalue weighted by molar-refractivity contribution is 5.81. The number of carbonyl (C=O) groups is 2. The molecule has 2 amide bonds. The Morgan fingerprint density at radius 1 is 1.08 bits per heavy atom. The fraction of sp³-hybridized carbons (Fsp3) is 0.556. The van der Waals surface area contributed by atoms with Crippen LogP contribution in [0.3, 0.4) is 0 Å². The molecule has 1 atom stereocenters. The fourth-order valence-corrected chi connectivity index (χ4v) is 2.90. The number of carbonyl (C=O) groups excluding carboxylic acids is 2. The van der Waals surface area contributed by atoms with E-state index in [2.05, 4.69) is 4.90 Å². The third-order valence-corrected chi connectivity index (χ3v) is 4.50. The number of likely N-dealkylation sites (N-methyl/N-ethyl adjacent to an activating group) is 1. The summed E-state index contributed by atoms with van der Waals surface area (Å²) in [5.41, 5.74) is 0. The van der Waals surface area contributed by atoms with Crippen molar-refractivity contribution in [2.24, 2.45) is 0 Å². The molecule has 1 aromatic rings. The summed E-state index contributed by atoms with van der Waals surface area (Å²) in [6.45, 7) is 9.88. The highest BCUT2D eigenvalue weighted by Crippen LogP contribution is 2.13. The molecule has 132 valence electrons. The van der Waals surface area contributed by atoms with Crippen LogP contribution in [-0.4, -0.2) is 72.0 Å². The van der Waals surface area contributed by atoms with Crippen molar-refractivity contribution < 1.29 is 14.3 Å². The summed E-state index contributed by atoms with van der Waals surface area (Å²) >= 11 is 0. The molecule has 2 rings (SSSR count). The van der Waals surface area contributed by atoms with Crippen molar-refractivity contribution in [2.45, 2.75) is 26.8 Å². The van der Waals surface area contributed by atoms with E-state index >= 15 is 0 Å². The van der Waals surface area contributed by atoms with Gasteiger partial charge >= 0.3 is 6.09 Å². The molecule has 1 fully saturated rings. The zero-order valence-electron chi connectivity index (χ0n) is 14.8. The summed E-state index contributed by atoms with van der Waals surface area (Å²) in [6, 6.07) is 8.92. The maximum absolute atomic E-state index is 12.4. The molecule has 24 heavy (non-hydrogen) atoms. The minimum absolute atomic E-state index is 0.153. The smallest absolute Gasteiger partial charge is 0.410 e. The molecule has 1 aliphatic heterocycles. The first-order valence-corrected chi connectivity index (χ1v) is 8.61. The SMILES string of the molecule is CCN(CC)C(=O)C(C)N1CCN(C(=O)Oc2ccccc2)CC1. The van der Waals surface area contributed by atoms with Gasteiger partial charge in [-0.15, -0.1) is 0 Å². The second kappa shape index (κ2) is 8.68. The van der Waals surface area contributed by atoms with Crippen molar-refractivity contribution in [2.75, 3.05) is 39.3 Å². The Bertz CT molecular complexity index is 538. The van der Waals surface area contributed by atoms with E-state index in [4.69, 9.17) is 4.74 Å². The van der Waals surface area contributed by atoms with Gasteiger partial charge in [-0.1, -0.05) is 18.2 Å². The normalized spacial score (nSPS) is 16.5. The molecule has 6 nitrogen and oxygen atoms in total. The van der Waals surface area contributed by atoms with Crippen molar-refractivity contribution in [3.8, 4) is 5.75 Å². The lowest BCUT2D eigenvalue weighted by molar-refractivity contribution is -0.136. The van der Waals surface area contributed by atoms with Crippen LogP contribution in [0.5, 0.6) is 5.75 Å². The average Bonchev–Trinajstić information content (AvgIpc) is 2.63. The monoisotopic (exact) mass is 333 g/mol. The van der Waals surface area contributed by atoms with Crippen molar-refractivity contribution in [3.63, 3.8) is 0 Å². The standard InChI is InChI=1S/C18H27N3O3/c1-4-19(5-2)17(22)15(3)20-11-13-21(14-12-20)18(23)24-16-9-7-6-8-10-16/h6-10,15H,4-5,11-14H2,1-3H3. The summed E-state index contributed by atoms with van der Waals surface area (Å²) < 4.78 is 5.36. The predicted molar refractivity (Wildman–Crippen MR) is 93.0 cm³/mol. The number of para-hydroxylation sites is 1. The van der Waals surface area contributed by atoms with Crippen LogP contribution in [0.1, 0.15) is 20.8 Å². The van der Waals surface area contributed by atoms with E-state index in [1.165, 1.54) is 0 Å². The molecule has 0 spiro atoms. The largest absolute Gasteiger partial charge is 0.415 e. The molecule has 1 aromatic carbocycles. The molecule has 0 radical (unpaired) electrons. The minimum atomic E-state index is -0.330. The van der Waals surface area contributed by atoms with Crippen molar-refractivity contribution in [1.82, 2.24) is 14.7 Å².